The quantitative estimate of drug-likeness (QED) is 0.436. The molecule has 0 saturated carbocycles. The molecule has 0 amide bonds. The summed E-state index contributed by atoms with van der Waals surface area (Å²) < 4.78 is 25.1. The molecule has 0 aromatic heterocycles. The maximum atomic E-state index is 13.5. The molecular formula is C24H56O7Zr2. The van der Waals surface area contributed by atoms with Gasteiger partial charge in [-0.15, -0.1) is 24.4 Å². The predicted octanol–water partition coefficient (Wildman–Crippen LogP) is 3.38. The van der Waals surface area contributed by atoms with Gasteiger partial charge in [-0.3, -0.25) is 0 Å². The first-order chi connectivity index (χ1) is 14.0. The van der Waals surface area contributed by atoms with Gasteiger partial charge < -0.3 is 20.4 Å². The van der Waals surface area contributed by atoms with Crippen LogP contribution in [0.3, 0.4) is 0 Å². The smallest absolute Gasteiger partial charge is 4.00 e. The summed E-state index contributed by atoms with van der Waals surface area (Å²) in [4.78, 5) is 0. The van der Waals surface area contributed by atoms with Crippen molar-refractivity contribution >= 4 is 0 Å². The van der Waals surface area contributed by atoms with E-state index in [4.69, 9.17) is 5.63 Å². The normalized spacial score (nSPS) is 11.4. The Balaban J connectivity index is -0.0000000875. The van der Waals surface area contributed by atoms with Crippen molar-refractivity contribution in [1.29, 1.82) is 0 Å². The van der Waals surface area contributed by atoms with Crippen molar-refractivity contribution in [3.8, 4) is 0 Å². The Morgan fingerprint density at radius 2 is 0.576 bits per heavy atom. The SMILES string of the molecule is CC(C)[O-].CC(C)[O-].CC(C)[O-].CC(C)[O-].CC(C)[O][Zr](=[O])([O]C(C)C)([CH](C)C)[CH](C)C.[Zr+4]. The molecule has 0 spiro atoms. The van der Waals surface area contributed by atoms with Gasteiger partial charge in [0.25, 0.3) is 0 Å². The minimum absolute atomic E-state index is 0. The number of rotatable bonds is 6. The molecule has 33 heavy (non-hydrogen) atoms. The monoisotopic (exact) mass is 636 g/mol. The average molecular weight is 639 g/mol. The molecule has 7 nitrogen and oxygen atoms in total. The zero-order chi connectivity index (χ0) is 27.5. The summed E-state index contributed by atoms with van der Waals surface area (Å²) in [5.41, 5.74) is 0. The van der Waals surface area contributed by atoms with Gasteiger partial charge >= 0.3 is 129 Å². The Labute approximate surface area is 228 Å². The Morgan fingerprint density at radius 3 is 0.636 bits per heavy atom. The van der Waals surface area contributed by atoms with Crippen LogP contribution in [0, 0.1) is 0 Å². The van der Waals surface area contributed by atoms with Crippen LogP contribution in [0.2, 0.25) is 7.25 Å². The standard InChI is InChI=1S/6C3H7O.2C3H7.O.2Zr/c6*1-3(2)4;2*1-3-2;;;/h6*3H,1-2H3;2*3H,1-2H3;;;/q6*-1;;;;+2;+4. The van der Waals surface area contributed by atoms with E-state index < -0.39 is 44.1 Å². The van der Waals surface area contributed by atoms with Gasteiger partial charge in [-0.2, -0.15) is 0 Å². The topological polar surface area (TPSA) is 128 Å². The third-order valence-corrected chi connectivity index (χ3v) is 17.8. The van der Waals surface area contributed by atoms with E-state index in [0.717, 1.165) is 0 Å². The molecule has 0 unspecified atom stereocenters. The second-order valence-electron chi connectivity index (χ2n) is 9.96. The van der Waals surface area contributed by atoms with Gasteiger partial charge in [0.1, 0.15) is 0 Å². The molecule has 0 rings (SSSR count). The molecule has 0 N–H and O–H groups in total. The van der Waals surface area contributed by atoms with Gasteiger partial charge in [0.15, 0.2) is 0 Å². The molecule has 0 radical (unpaired) electrons. The molecule has 202 valence electrons. The second kappa shape index (κ2) is 25.0. The first kappa shape index (κ1) is 47.5. The van der Waals surface area contributed by atoms with Gasteiger partial charge in [-0.1, -0.05) is 55.4 Å². The van der Waals surface area contributed by atoms with Crippen LogP contribution >= 0.6 is 0 Å². The van der Waals surface area contributed by atoms with E-state index in [9.17, 15) is 23.2 Å². The Hall–Kier alpha value is 1.33. The summed E-state index contributed by atoms with van der Waals surface area (Å²) >= 11 is -4.81. The molecule has 9 heteroatoms. The minimum Gasteiger partial charge on any atom is 4.00 e. The number of hydrogen-bond donors (Lipinski definition) is 0. The molecule has 0 aliphatic carbocycles. The van der Waals surface area contributed by atoms with Crippen LogP contribution in [0.4, 0.5) is 0 Å². The van der Waals surface area contributed by atoms with Gasteiger partial charge in [0.05, 0.1) is 0 Å². The second-order valence-corrected chi connectivity index (χ2v) is 22.3. The van der Waals surface area contributed by atoms with Crippen LogP contribution in [-0.4, -0.2) is 36.6 Å². The fourth-order valence-electron chi connectivity index (χ4n) is 2.17. The Morgan fingerprint density at radius 1 is 0.455 bits per heavy atom. The zero-order valence-corrected chi connectivity index (χ0v) is 29.4. The van der Waals surface area contributed by atoms with Crippen molar-refractivity contribution in [2.24, 2.45) is 0 Å². The molecule has 0 aliphatic rings. The minimum atomic E-state index is -4.81. The zero-order valence-electron chi connectivity index (χ0n) is 24.5. The maximum absolute atomic E-state index is 13.5. The van der Waals surface area contributed by atoms with Gasteiger partial charge in [0, 0.05) is 0 Å². The van der Waals surface area contributed by atoms with Crippen LogP contribution in [0.5, 0.6) is 0 Å². The van der Waals surface area contributed by atoms with Crippen LogP contribution in [0.25, 0.3) is 0 Å². The van der Waals surface area contributed by atoms with Gasteiger partial charge in [-0.05, 0) is 0 Å². The maximum Gasteiger partial charge on any atom is 4.00 e. The summed E-state index contributed by atoms with van der Waals surface area (Å²) in [6, 6.07) is 0. The van der Waals surface area contributed by atoms with Crippen LogP contribution < -0.4 is 20.4 Å². The van der Waals surface area contributed by atoms with E-state index >= 15 is 0 Å². The molecule has 0 atom stereocenters. The molecular weight excluding hydrogens is 583 g/mol. The number of hydrogen-bond acceptors (Lipinski definition) is 7. The molecule has 0 fully saturated rings. The molecule has 0 aromatic rings. The Bertz CT molecular complexity index is 385. The van der Waals surface area contributed by atoms with Gasteiger partial charge in [-0.25, -0.2) is 0 Å². The third-order valence-electron chi connectivity index (χ3n) is 3.02. The van der Waals surface area contributed by atoms with Crippen LogP contribution in [0.1, 0.15) is 111 Å². The summed E-state index contributed by atoms with van der Waals surface area (Å²) in [7, 11) is 0. The predicted molar refractivity (Wildman–Crippen MR) is 124 cm³/mol. The van der Waals surface area contributed by atoms with Crippen molar-refractivity contribution in [1.82, 2.24) is 0 Å². The van der Waals surface area contributed by atoms with Crippen molar-refractivity contribution in [2.45, 2.75) is 155 Å². The molecule has 0 aromatic carbocycles. The summed E-state index contributed by atoms with van der Waals surface area (Å²) in [6.07, 6.45) is -1.79. The van der Waals surface area contributed by atoms with Crippen molar-refractivity contribution < 1.29 is 74.7 Å². The average Bonchev–Trinajstić information content (AvgIpc) is 2.42. The van der Waals surface area contributed by atoms with Crippen molar-refractivity contribution in [3.05, 3.63) is 0 Å². The van der Waals surface area contributed by atoms with Crippen LogP contribution in [-0.2, 0) is 54.3 Å². The van der Waals surface area contributed by atoms with E-state index in [2.05, 4.69) is 0 Å². The van der Waals surface area contributed by atoms with Crippen molar-refractivity contribution in [2.75, 3.05) is 0 Å². The van der Waals surface area contributed by atoms with E-state index in [1.807, 2.05) is 55.4 Å². The van der Waals surface area contributed by atoms with E-state index in [0.29, 0.717) is 0 Å². The van der Waals surface area contributed by atoms with Crippen molar-refractivity contribution in [3.63, 3.8) is 0 Å². The summed E-state index contributed by atoms with van der Waals surface area (Å²) in [6.45, 7) is 28.3. The van der Waals surface area contributed by atoms with E-state index in [-0.39, 0.29) is 45.7 Å². The molecule has 0 aliphatic heterocycles. The molecule has 0 bridgehead atoms. The summed E-state index contributed by atoms with van der Waals surface area (Å²) in [5, 5.41) is 38.1. The fraction of sp³-hybridized carbons (Fsp3) is 1.00. The summed E-state index contributed by atoms with van der Waals surface area (Å²) in [5.74, 6) is 0. The first-order valence-corrected chi connectivity index (χ1v) is 17.7. The van der Waals surface area contributed by atoms with E-state index in [1.165, 1.54) is 0 Å². The van der Waals surface area contributed by atoms with Crippen LogP contribution in [0.15, 0.2) is 0 Å². The Kier molecular flexibility index (Phi) is 36.0. The van der Waals surface area contributed by atoms with E-state index in [1.54, 1.807) is 55.4 Å². The molecule has 0 saturated heterocycles. The fourth-order valence-corrected chi connectivity index (χ4v) is 12.8. The first-order valence-electron chi connectivity index (χ1n) is 11.8. The van der Waals surface area contributed by atoms with Gasteiger partial charge in [0.2, 0.25) is 0 Å². The molecule has 0 heterocycles. The third kappa shape index (κ3) is 38.0. The largest absolute Gasteiger partial charge is 4.00 e.